The van der Waals surface area contributed by atoms with E-state index < -0.39 is 41.5 Å². The van der Waals surface area contributed by atoms with Gasteiger partial charge in [-0.3, -0.25) is 4.79 Å². The minimum atomic E-state index is -3.98. The standard InChI is InChI=1S/C17H30F2N2O6/c1-7-8-12(13(22)24-9-11-10-25-16(5,6)26-11)17(18,19)21(20)14(23)27-15(2,3)4/h11-12H,7-10,20H2,1-6H3. The van der Waals surface area contributed by atoms with Crippen LogP contribution < -0.4 is 5.84 Å². The van der Waals surface area contributed by atoms with Crippen molar-refractivity contribution in [1.82, 2.24) is 5.01 Å². The predicted molar refractivity (Wildman–Crippen MR) is 91.5 cm³/mol. The summed E-state index contributed by atoms with van der Waals surface area (Å²) in [6.45, 7) is 9.48. The van der Waals surface area contributed by atoms with E-state index in [1.807, 2.05) is 0 Å². The van der Waals surface area contributed by atoms with Gasteiger partial charge in [0.05, 0.1) is 6.61 Å². The smallest absolute Gasteiger partial charge is 0.429 e. The summed E-state index contributed by atoms with van der Waals surface area (Å²) >= 11 is 0. The third kappa shape index (κ3) is 6.86. The van der Waals surface area contributed by atoms with Gasteiger partial charge in [-0.1, -0.05) is 13.3 Å². The van der Waals surface area contributed by atoms with Gasteiger partial charge in [-0.05, 0) is 41.0 Å². The van der Waals surface area contributed by atoms with Crippen molar-refractivity contribution in [2.75, 3.05) is 13.2 Å². The third-order valence-electron chi connectivity index (χ3n) is 3.67. The monoisotopic (exact) mass is 396 g/mol. The zero-order valence-electron chi connectivity index (χ0n) is 16.7. The zero-order chi connectivity index (χ0) is 21.0. The number of amides is 1. The molecule has 1 aliphatic rings. The number of carbonyl (C=O) groups is 2. The van der Waals surface area contributed by atoms with Crippen LogP contribution in [0.2, 0.25) is 0 Å². The Morgan fingerprint density at radius 3 is 2.37 bits per heavy atom. The Morgan fingerprint density at radius 2 is 1.93 bits per heavy atom. The van der Waals surface area contributed by atoms with E-state index in [-0.39, 0.29) is 31.1 Å². The quantitative estimate of drug-likeness (QED) is 0.232. The van der Waals surface area contributed by atoms with Crippen molar-refractivity contribution in [2.24, 2.45) is 11.8 Å². The molecule has 0 aromatic heterocycles. The van der Waals surface area contributed by atoms with E-state index in [1.54, 1.807) is 20.8 Å². The normalized spacial score (nSPS) is 20.9. The zero-order valence-corrected chi connectivity index (χ0v) is 16.7. The molecule has 1 aliphatic heterocycles. The van der Waals surface area contributed by atoms with E-state index in [0.717, 1.165) is 0 Å². The fourth-order valence-electron chi connectivity index (χ4n) is 2.44. The first-order valence-corrected chi connectivity index (χ1v) is 8.83. The highest BCUT2D eigenvalue weighted by Gasteiger charge is 2.52. The summed E-state index contributed by atoms with van der Waals surface area (Å²) in [5, 5.41) is -0.349. The van der Waals surface area contributed by atoms with Crippen molar-refractivity contribution in [2.45, 2.75) is 77.9 Å². The van der Waals surface area contributed by atoms with Crippen molar-refractivity contribution in [1.29, 1.82) is 0 Å². The van der Waals surface area contributed by atoms with Gasteiger partial charge in [0.1, 0.15) is 24.2 Å². The molecule has 1 heterocycles. The van der Waals surface area contributed by atoms with Gasteiger partial charge >= 0.3 is 18.1 Å². The van der Waals surface area contributed by atoms with Crippen LogP contribution in [0.1, 0.15) is 54.4 Å². The van der Waals surface area contributed by atoms with E-state index in [4.69, 9.17) is 24.8 Å². The molecular weight excluding hydrogens is 366 g/mol. The van der Waals surface area contributed by atoms with Crippen LogP contribution in [0.15, 0.2) is 0 Å². The van der Waals surface area contributed by atoms with Gasteiger partial charge in [-0.2, -0.15) is 13.8 Å². The second-order valence-electron chi connectivity index (χ2n) is 7.86. The lowest BCUT2D eigenvalue weighted by Gasteiger charge is -2.33. The first kappa shape index (κ1) is 23.5. The molecule has 10 heteroatoms. The molecule has 0 aromatic carbocycles. The van der Waals surface area contributed by atoms with Crippen molar-refractivity contribution < 1.29 is 37.3 Å². The number of halogens is 2. The highest BCUT2D eigenvalue weighted by Crippen LogP contribution is 2.33. The van der Waals surface area contributed by atoms with Gasteiger partial charge in [-0.25, -0.2) is 10.6 Å². The SMILES string of the molecule is CCCC(C(=O)OCC1COC(C)(C)O1)C(F)(F)N(N)C(=O)OC(C)(C)C. The number of hydrogen-bond acceptors (Lipinski definition) is 7. The van der Waals surface area contributed by atoms with E-state index in [1.165, 1.54) is 20.8 Å². The summed E-state index contributed by atoms with van der Waals surface area (Å²) in [6.07, 6.45) is -1.96. The minimum Gasteiger partial charge on any atom is -0.462 e. The van der Waals surface area contributed by atoms with Crippen LogP contribution in [0.3, 0.4) is 0 Å². The van der Waals surface area contributed by atoms with Crippen molar-refractivity contribution in [3.63, 3.8) is 0 Å². The number of alkyl halides is 2. The summed E-state index contributed by atoms with van der Waals surface area (Å²) in [7, 11) is 0. The summed E-state index contributed by atoms with van der Waals surface area (Å²) in [5.41, 5.74) is -1.02. The van der Waals surface area contributed by atoms with Gasteiger partial charge in [0, 0.05) is 0 Å². The van der Waals surface area contributed by atoms with E-state index in [0.29, 0.717) is 0 Å². The molecule has 0 spiro atoms. The number of hydrogen-bond donors (Lipinski definition) is 1. The molecule has 158 valence electrons. The highest BCUT2D eigenvalue weighted by molar-refractivity contribution is 5.75. The van der Waals surface area contributed by atoms with E-state index in [2.05, 4.69) is 0 Å². The van der Waals surface area contributed by atoms with Crippen LogP contribution in [0.5, 0.6) is 0 Å². The second-order valence-corrected chi connectivity index (χ2v) is 7.86. The molecule has 0 radical (unpaired) electrons. The Labute approximate surface area is 158 Å². The molecule has 1 fully saturated rings. The number of ether oxygens (including phenoxy) is 4. The third-order valence-corrected chi connectivity index (χ3v) is 3.67. The number of hydrazine groups is 1. The van der Waals surface area contributed by atoms with Crippen LogP contribution in [0, 0.1) is 5.92 Å². The Hall–Kier alpha value is -1.52. The lowest BCUT2D eigenvalue weighted by atomic mass is 10.0. The summed E-state index contributed by atoms with van der Waals surface area (Å²) in [4.78, 5) is 24.2. The van der Waals surface area contributed by atoms with Crippen LogP contribution in [-0.4, -0.2) is 53.8 Å². The average molecular weight is 396 g/mol. The number of rotatable bonds is 7. The molecular formula is C17H30F2N2O6. The Morgan fingerprint density at radius 1 is 1.33 bits per heavy atom. The molecule has 2 N–H and O–H groups in total. The lowest BCUT2D eigenvalue weighted by Crippen LogP contribution is -2.57. The Kier molecular flexibility index (Phi) is 7.54. The van der Waals surface area contributed by atoms with Crippen LogP contribution in [0.4, 0.5) is 13.6 Å². The number of nitrogens with zero attached hydrogens (tertiary/aromatic N) is 1. The second kappa shape index (κ2) is 8.66. The predicted octanol–water partition coefficient (Wildman–Crippen LogP) is 2.80. The molecule has 2 atom stereocenters. The minimum absolute atomic E-state index is 0.177. The molecule has 1 saturated heterocycles. The largest absolute Gasteiger partial charge is 0.462 e. The maximum Gasteiger partial charge on any atom is 0.429 e. The molecule has 0 bridgehead atoms. The van der Waals surface area contributed by atoms with Crippen molar-refractivity contribution >= 4 is 12.1 Å². The molecule has 1 rings (SSSR count). The molecule has 0 saturated carbocycles. The summed E-state index contributed by atoms with van der Waals surface area (Å²) in [5.74, 6) is 1.35. The molecule has 2 unspecified atom stereocenters. The van der Waals surface area contributed by atoms with E-state index in [9.17, 15) is 18.4 Å². The maximum atomic E-state index is 14.7. The van der Waals surface area contributed by atoms with Crippen LogP contribution >= 0.6 is 0 Å². The number of nitrogens with two attached hydrogens (primary N) is 1. The van der Waals surface area contributed by atoms with Gasteiger partial charge in [0.15, 0.2) is 5.79 Å². The molecule has 27 heavy (non-hydrogen) atoms. The van der Waals surface area contributed by atoms with Crippen LogP contribution in [0.25, 0.3) is 0 Å². The van der Waals surface area contributed by atoms with E-state index >= 15 is 0 Å². The van der Waals surface area contributed by atoms with Gasteiger partial charge in [-0.15, -0.1) is 0 Å². The first-order valence-electron chi connectivity index (χ1n) is 8.83. The van der Waals surface area contributed by atoms with Gasteiger partial charge in [0.2, 0.25) is 0 Å². The Balaban J connectivity index is 2.78. The van der Waals surface area contributed by atoms with Crippen molar-refractivity contribution in [3.8, 4) is 0 Å². The molecule has 1 amide bonds. The number of carbonyl (C=O) groups excluding carboxylic acids is 2. The highest BCUT2D eigenvalue weighted by atomic mass is 19.3. The molecule has 0 aromatic rings. The van der Waals surface area contributed by atoms with Gasteiger partial charge < -0.3 is 18.9 Å². The molecule has 0 aliphatic carbocycles. The summed E-state index contributed by atoms with van der Waals surface area (Å²) in [6, 6.07) is -3.98. The first-order chi connectivity index (χ1) is 12.2. The topological polar surface area (TPSA) is 100 Å². The summed E-state index contributed by atoms with van der Waals surface area (Å²) < 4.78 is 50.1. The van der Waals surface area contributed by atoms with Crippen LogP contribution in [-0.2, 0) is 23.7 Å². The fourth-order valence-corrected chi connectivity index (χ4v) is 2.44. The van der Waals surface area contributed by atoms with Gasteiger partial charge in [0.25, 0.3) is 0 Å². The molecule has 8 nitrogen and oxygen atoms in total. The number of esters is 1. The Bertz CT molecular complexity index is 536. The average Bonchev–Trinajstić information content (AvgIpc) is 2.86. The fraction of sp³-hybridized carbons (Fsp3) is 0.882. The lowest BCUT2D eigenvalue weighted by molar-refractivity contribution is -0.202. The van der Waals surface area contributed by atoms with Crippen molar-refractivity contribution in [3.05, 3.63) is 0 Å². The maximum absolute atomic E-state index is 14.7.